The van der Waals surface area contributed by atoms with Gasteiger partial charge in [0.2, 0.25) is 5.82 Å². The molecule has 0 atom stereocenters. The van der Waals surface area contributed by atoms with Crippen LogP contribution < -0.4 is 5.32 Å². The Morgan fingerprint density at radius 1 is 1.18 bits per heavy atom. The zero-order chi connectivity index (χ0) is 15.5. The van der Waals surface area contributed by atoms with Crippen molar-refractivity contribution in [3.8, 4) is 11.4 Å². The second kappa shape index (κ2) is 5.90. The maximum atomic E-state index is 12.9. The van der Waals surface area contributed by atoms with Gasteiger partial charge in [-0.05, 0) is 47.7 Å². The predicted molar refractivity (Wildman–Crippen MR) is 79.0 cm³/mol. The molecule has 110 valence electrons. The van der Waals surface area contributed by atoms with Crippen molar-refractivity contribution in [1.82, 2.24) is 20.6 Å². The van der Waals surface area contributed by atoms with E-state index >= 15 is 0 Å². The summed E-state index contributed by atoms with van der Waals surface area (Å²) in [6.45, 7) is 0. The van der Waals surface area contributed by atoms with Crippen molar-refractivity contribution < 1.29 is 9.18 Å². The van der Waals surface area contributed by atoms with Gasteiger partial charge < -0.3 is 5.32 Å². The molecule has 0 saturated carbocycles. The van der Waals surface area contributed by atoms with Crippen LogP contribution in [0.3, 0.4) is 0 Å². The average Bonchev–Trinajstić information content (AvgIpc) is 3.02. The number of aromatic amines is 1. The molecule has 0 saturated heterocycles. The molecule has 1 aromatic heterocycles. The predicted octanol–water partition coefficient (Wildman–Crippen LogP) is 2.91. The van der Waals surface area contributed by atoms with Crippen LogP contribution in [0.25, 0.3) is 11.4 Å². The number of aromatic nitrogens is 4. The molecule has 1 heterocycles. The van der Waals surface area contributed by atoms with Gasteiger partial charge in [-0.1, -0.05) is 11.6 Å². The van der Waals surface area contributed by atoms with Crippen molar-refractivity contribution in [2.75, 3.05) is 5.32 Å². The Kier molecular flexibility index (Phi) is 3.80. The molecule has 22 heavy (non-hydrogen) atoms. The van der Waals surface area contributed by atoms with Crippen LogP contribution in [0, 0.1) is 5.82 Å². The van der Waals surface area contributed by atoms with E-state index in [4.69, 9.17) is 11.6 Å². The van der Waals surface area contributed by atoms with Crippen molar-refractivity contribution in [3.05, 3.63) is 58.9 Å². The quantitative estimate of drug-likeness (QED) is 0.778. The number of halogens is 2. The lowest BCUT2D eigenvalue weighted by Crippen LogP contribution is -2.12. The second-order valence-electron chi connectivity index (χ2n) is 4.39. The fraction of sp³-hybridized carbons (Fsp3) is 0. The maximum absolute atomic E-state index is 12.9. The smallest absolute Gasteiger partial charge is 0.255 e. The van der Waals surface area contributed by atoms with Gasteiger partial charge in [-0.15, -0.1) is 10.2 Å². The minimum absolute atomic E-state index is 0.320. The largest absolute Gasteiger partial charge is 0.321 e. The molecule has 8 heteroatoms. The Morgan fingerprint density at radius 3 is 2.64 bits per heavy atom. The van der Waals surface area contributed by atoms with Gasteiger partial charge in [-0.3, -0.25) is 4.79 Å². The first-order valence-corrected chi connectivity index (χ1v) is 6.61. The summed E-state index contributed by atoms with van der Waals surface area (Å²) in [5.41, 5.74) is 1.32. The number of amides is 1. The van der Waals surface area contributed by atoms with Gasteiger partial charge in [0.25, 0.3) is 5.91 Å². The Balaban J connectivity index is 1.93. The Hall–Kier alpha value is -2.80. The summed E-state index contributed by atoms with van der Waals surface area (Å²) in [5.74, 6) is -0.482. The molecule has 0 radical (unpaired) electrons. The first-order chi connectivity index (χ1) is 10.6. The average molecular weight is 318 g/mol. The molecule has 0 unspecified atom stereocenters. The van der Waals surface area contributed by atoms with Gasteiger partial charge in [0.05, 0.1) is 5.69 Å². The van der Waals surface area contributed by atoms with E-state index < -0.39 is 11.7 Å². The third kappa shape index (κ3) is 2.94. The van der Waals surface area contributed by atoms with Crippen molar-refractivity contribution in [2.24, 2.45) is 0 Å². The van der Waals surface area contributed by atoms with Crippen LogP contribution in [0.1, 0.15) is 10.4 Å². The van der Waals surface area contributed by atoms with E-state index in [1.165, 1.54) is 24.3 Å². The molecule has 3 rings (SSSR count). The van der Waals surface area contributed by atoms with Gasteiger partial charge in [-0.2, -0.15) is 5.21 Å². The molecule has 2 aromatic carbocycles. The number of H-pyrrole nitrogens is 1. The first-order valence-electron chi connectivity index (χ1n) is 6.24. The molecule has 3 aromatic rings. The molecule has 0 aliphatic heterocycles. The number of carbonyl (C=O) groups is 1. The van der Waals surface area contributed by atoms with Crippen molar-refractivity contribution in [3.63, 3.8) is 0 Å². The number of benzene rings is 2. The number of nitrogens with zero attached hydrogens (tertiary/aromatic N) is 3. The highest BCUT2D eigenvalue weighted by atomic mass is 35.5. The van der Waals surface area contributed by atoms with Crippen LogP contribution in [0.2, 0.25) is 5.02 Å². The summed E-state index contributed by atoms with van der Waals surface area (Å²) in [6, 6.07) is 10.1. The molecule has 1 amide bonds. The molecule has 6 nitrogen and oxygen atoms in total. The van der Waals surface area contributed by atoms with Crippen LogP contribution >= 0.6 is 11.6 Å². The lowest BCUT2D eigenvalue weighted by atomic mass is 10.1. The topological polar surface area (TPSA) is 83.6 Å². The van der Waals surface area contributed by atoms with Crippen molar-refractivity contribution >= 4 is 23.2 Å². The van der Waals surface area contributed by atoms with Gasteiger partial charge in [0.1, 0.15) is 5.82 Å². The highest BCUT2D eigenvalue weighted by molar-refractivity contribution is 6.31. The van der Waals surface area contributed by atoms with Gasteiger partial charge in [-0.25, -0.2) is 4.39 Å². The molecule has 0 bridgehead atoms. The van der Waals surface area contributed by atoms with E-state index in [9.17, 15) is 9.18 Å². The van der Waals surface area contributed by atoms with E-state index in [-0.39, 0.29) is 0 Å². The molecule has 0 fully saturated rings. The standard InChI is InChI=1S/C14H9ClFN5O/c15-9-3-6-11(13-18-20-21-19-13)12(7-9)17-14(22)8-1-4-10(16)5-2-8/h1-7H,(H,17,22)(H,18,19,20,21). The van der Waals surface area contributed by atoms with Crippen LogP contribution in [0.4, 0.5) is 10.1 Å². The minimum atomic E-state index is -0.410. The van der Waals surface area contributed by atoms with E-state index in [2.05, 4.69) is 25.9 Å². The SMILES string of the molecule is O=C(Nc1cc(Cl)ccc1-c1nn[nH]n1)c1ccc(F)cc1. The lowest BCUT2D eigenvalue weighted by molar-refractivity contribution is 0.102. The Labute approximate surface area is 129 Å². The zero-order valence-corrected chi connectivity index (χ0v) is 11.8. The number of tetrazole rings is 1. The molecule has 0 spiro atoms. The Bertz CT molecular complexity index is 805. The summed E-state index contributed by atoms with van der Waals surface area (Å²) in [4.78, 5) is 12.2. The summed E-state index contributed by atoms with van der Waals surface area (Å²) in [7, 11) is 0. The molecular formula is C14H9ClFN5O. The summed E-state index contributed by atoms with van der Waals surface area (Å²) in [6.07, 6.45) is 0. The summed E-state index contributed by atoms with van der Waals surface area (Å²) >= 11 is 5.96. The number of hydrogen-bond donors (Lipinski definition) is 2. The van der Waals surface area contributed by atoms with Gasteiger partial charge in [0.15, 0.2) is 0 Å². The summed E-state index contributed by atoms with van der Waals surface area (Å²) < 4.78 is 12.9. The van der Waals surface area contributed by atoms with Gasteiger partial charge in [0, 0.05) is 16.1 Å². The molecule has 0 aliphatic carbocycles. The number of nitrogens with one attached hydrogen (secondary N) is 2. The Morgan fingerprint density at radius 2 is 1.95 bits per heavy atom. The minimum Gasteiger partial charge on any atom is -0.321 e. The number of hydrogen-bond acceptors (Lipinski definition) is 4. The number of anilines is 1. The van der Waals surface area contributed by atoms with E-state index in [1.54, 1.807) is 18.2 Å². The van der Waals surface area contributed by atoms with Gasteiger partial charge >= 0.3 is 0 Å². The van der Waals surface area contributed by atoms with E-state index in [1.807, 2.05) is 0 Å². The van der Waals surface area contributed by atoms with E-state index in [0.717, 1.165) is 0 Å². The van der Waals surface area contributed by atoms with E-state index in [0.29, 0.717) is 27.7 Å². The monoisotopic (exact) mass is 317 g/mol. The third-order valence-corrected chi connectivity index (χ3v) is 3.16. The highest BCUT2D eigenvalue weighted by Gasteiger charge is 2.13. The fourth-order valence-corrected chi connectivity index (χ4v) is 2.06. The second-order valence-corrected chi connectivity index (χ2v) is 4.82. The first kappa shape index (κ1) is 14.2. The number of rotatable bonds is 3. The summed E-state index contributed by atoms with van der Waals surface area (Å²) in [5, 5.41) is 16.7. The van der Waals surface area contributed by atoms with Crippen LogP contribution in [-0.2, 0) is 0 Å². The molecular weight excluding hydrogens is 309 g/mol. The molecule has 0 aliphatic rings. The van der Waals surface area contributed by atoms with Crippen LogP contribution in [0.15, 0.2) is 42.5 Å². The molecule has 2 N–H and O–H groups in total. The van der Waals surface area contributed by atoms with Crippen molar-refractivity contribution in [2.45, 2.75) is 0 Å². The van der Waals surface area contributed by atoms with Crippen molar-refractivity contribution in [1.29, 1.82) is 0 Å². The lowest BCUT2D eigenvalue weighted by Gasteiger charge is -2.09. The highest BCUT2D eigenvalue weighted by Crippen LogP contribution is 2.28. The van der Waals surface area contributed by atoms with Crippen LogP contribution in [-0.4, -0.2) is 26.5 Å². The fourth-order valence-electron chi connectivity index (χ4n) is 1.89. The normalized spacial score (nSPS) is 10.5. The van der Waals surface area contributed by atoms with Crippen LogP contribution in [0.5, 0.6) is 0 Å². The number of carbonyl (C=O) groups excluding carboxylic acids is 1. The maximum Gasteiger partial charge on any atom is 0.255 e. The zero-order valence-electron chi connectivity index (χ0n) is 11.0. The third-order valence-electron chi connectivity index (χ3n) is 2.92.